The number of hydrogen-bond acceptors (Lipinski definition) is 6. The van der Waals surface area contributed by atoms with Crippen molar-refractivity contribution in [3.8, 4) is 11.5 Å². The quantitative estimate of drug-likeness (QED) is 0.908. The summed E-state index contributed by atoms with van der Waals surface area (Å²) in [5.74, 6) is 1.47. The highest BCUT2D eigenvalue weighted by Gasteiger charge is 2.28. The Morgan fingerprint density at radius 3 is 3.17 bits per heavy atom. The van der Waals surface area contributed by atoms with Gasteiger partial charge >= 0.3 is 0 Å². The van der Waals surface area contributed by atoms with Crippen molar-refractivity contribution in [1.82, 2.24) is 10.2 Å². The van der Waals surface area contributed by atoms with Crippen LogP contribution in [0.25, 0.3) is 0 Å². The molecule has 6 nitrogen and oxygen atoms in total. The van der Waals surface area contributed by atoms with Crippen LogP contribution in [0.4, 0.5) is 0 Å². The van der Waals surface area contributed by atoms with Crippen LogP contribution in [0.5, 0.6) is 11.5 Å². The average Bonchev–Trinajstić information content (AvgIpc) is 3.18. The lowest BCUT2D eigenvalue weighted by Gasteiger charge is -2.26. The summed E-state index contributed by atoms with van der Waals surface area (Å²) < 4.78 is 11.5. The number of aliphatic imine (C=N–C) groups is 1. The number of carbonyl (C=O) groups is 1. The molecule has 0 saturated heterocycles. The fraction of sp³-hybridized carbons (Fsp3) is 0.375. The largest absolute Gasteiger partial charge is 0.486 e. The molecule has 7 heteroatoms. The van der Waals surface area contributed by atoms with E-state index in [-0.39, 0.29) is 12.0 Å². The van der Waals surface area contributed by atoms with Gasteiger partial charge in [-0.3, -0.25) is 9.79 Å². The summed E-state index contributed by atoms with van der Waals surface area (Å²) in [5, 5.41) is 5.95. The smallest absolute Gasteiger partial charge is 0.226 e. The van der Waals surface area contributed by atoms with Crippen molar-refractivity contribution in [2.24, 2.45) is 4.99 Å². The minimum absolute atomic E-state index is 0.00698. The van der Waals surface area contributed by atoms with Crippen molar-refractivity contribution in [3.05, 3.63) is 35.4 Å². The van der Waals surface area contributed by atoms with Gasteiger partial charge in [-0.25, -0.2) is 0 Å². The monoisotopic (exact) mass is 331 g/mol. The third kappa shape index (κ3) is 3.01. The van der Waals surface area contributed by atoms with E-state index in [9.17, 15) is 4.79 Å². The fourth-order valence-corrected chi connectivity index (χ4v) is 3.69. The maximum Gasteiger partial charge on any atom is 0.226 e. The number of amidine groups is 1. The summed E-state index contributed by atoms with van der Waals surface area (Å²) in [6.07, 6.45) is 0.209. The Morgan fingerprint density at radius 2 is 2.26 bits per heavy atom. The van der Waals surface area contributed by atoms with E-state index in [1.807, 2.05) is 29.7 Å². The fourth-order valence-electron chi connectivity index (χ4n) is 2.73. The zero-order valence-electron chi connectivity index (χ0n) is 12.5. The predicted molar refractivity (Wildman–Crippen MR) is 88.7 cm³/mol. The summed E-state index contributed by atoms with van der Waals surface area (Å²) in [4.78, 5) is 18.6. The highest BCUT2D eigenvalue weighted by Crippen LogP contribution is 2.31. The van der Waals surface area contributed by atoms with Crippen LogP contribution in [0.3, 0.4) is 0 Å². The van der Waals surface area contributed by atoms with Crippen LogP contribution in [0.2, 0.25) is 0 Å². The zero-order valence-corrected chi connectivity index (χ0v) is 13.3. The Morgan fingerprint density at radius 1 is 1.39 bits per heavy atom. The Labute approximate surface area is 138 Å². The first kappa shape index (κ1) is 14.4. The molecular formula is C16H17N3O3S. The van der Waals surface area contributed by atoms with E-state index in [1.165, 1.54) is 0 Å². The third-order valence-corrected chi connectivity index (χ3v) is 4.83. The van der Waals surface area contributed by atoms with Crippen LogP contribution >= 0.6 is 11.8 Å². The van der Waals surface area contributed by atoms with E-state index in [0.29, 0.717) is 19.6 Å². The summed E-state index contributed by atoms with van der Waals surface area (Å²) >= 11 is 1.59. The first-order valence-corrected chi connectivity index (χ1v) is 8.50. The minimum atomic E-state index is -0.162. The molecular weight excluding hydrogens is 314 g/mol. The second kappa shape index (κ2) is 6.16. The van der Waals surface area contributed by atoms with Crippen molar-refractivity contribution >= 4 is 22.8 Å². The van der Waals surface area contributed by atoms with Crippen molar-refractivity contribution in [3.63, 3.8) is 0 Å². The van der Waals surface area contributed by atoms with Crippen LogP contribution in [-0.4, -0.2) is 48.3 Å². The van der Waals surface area contributed by atoms with Crippen molar-refractivity contribution in [2.45, 2.75) is 12.5 Å². The number of benzene rings is 1. The summed E-state index contributed by atoms with van der Waals surface area (Å²) in [6, 6.07) is 7.57. The van der Waals surface area contributed by atoms with E-state index < -0.39 is 0 Å². The molecule has 0 spiro atoms. The Kier molecular flexibility index (Phi) is 3.87. The maximum atomic E-state index is 12.2. The molecule has 120 valence electrons. The number of ether oxygens (including phenoxy) is 2. The van der Waals surface area contributed by atoms with E-state index in [4.69, 9.17) is 9.47 Å². The number of thioether (sulfide) groups is 1. The van der Waals surface area contributed by atoms with Crippen LogP contribution in [0.1, 0.15) is 6.42 Å². The lowest BCUT2D eigenvalue weighted by atomic mass is 10.2. The second-order valence-electron chi connectivity index (χ2n) is 5.52. The van der Waals surface area contributed by atoms with Gasteiger partial charge < -0.3 is 19.7 Å². The molecule has 1 amide bonds. The molecule has 3 aliphatic rings. The molecule has 0 radical (unpaired) electrons. The van der Waals surface area contributed by atoms with Crippen LogP contribution in [-0.2, 0) is 4.79 Å². The first-order chi connectivity index (χ1) is 11.3. The number of para-hydroxylation sites is 2. The Balaban J connectivity index is 1.27. The summed E-state index contributed by atoms with van der Waals surface area (Å²) in [7, 11) is 0. The number of fused-ring (bicyclic) bond motifs is 2. The second-order valence-corrected chi connectivity index (χ2v) is 6.36. The minimum Gasteiger partial charge on any atom is -0.486 e. The SMILES string of the molecule is O=C(CC1=CSC2=NCCN12)NCC1COc2ccccc2O1. The average molecular weight is 331 g/mol. The topological polar surface area (TPSA) is 63.2 Å². The van der Waals surface area contributed by atoms with Gasteiger partial charge in [0, 0.05) is 12.2 Å². The summed E-state index contributed by atoms with van der Waals surface area (Å²) in [5.41, 5.74) is 1.02. The molecule has 0 bridgehead atoms. The summed E-state index contributed by atoms with van der Waals surface area (Å²) in [6.45, 7) is 2.57. The Hall–Kier alpha value is -2.15. The van der Waals surface area contributed by atoms with E-state index >= 15 is 0 Å². The number of carbonyl (C=O) groups excluding carboxylic acids is 1. The standard InChI is InChI=1S/C16H17N3O3S/c20-15(7-11-10-23-16-17-5-6-19(11)16)18-8-12-9-21-13-3-1-2-4-14(13)22-12/h1-4,10,12H,5-9H2,(H,18,20). The van der Waals surface area contributed by atoms with Gasteiger partial charge in [0.15, 0.2) is 16.7 Å². The number of nitrogens with one attached hydrogen (secondary N) is 1. The van der Waals surface area contributed by atoms with Gasteiger partial charge in [0.2, 0.25) is 5.91 Å². The van der Waals surface area contributed by atoms with E-state index in [1.54, 1.807) is 11.8 Å². The van der Waals surface area contributed by atoms with Crippen molar-refractivity contribution < 1.29 is 14.3 Å². The van der Waals surface area contributed by atoms with Crippen molar-refractivity contribution in [2.75, 3.05) is 26.2 Å². The van der Waals surface area contributed by atoms with Gasteiger partial charge in [-0.2, -0.15) is 0 Å². The molecule has 0 saturated carbocycles. The van der Waals surface area contributed by atoms with Gasteiger partial charge in [0.25, 0.3) is 0 Å². The van der Waals surface area contributed by atoms with Gasteiger partial charge in [0.1, 0.15) is 12.7 Å². The molecule has 23 heavy (non-hydrogen) atoms. The lowest BCUT2D eigenvalue weighted by Crippen LogP contribution is -2.41. The van der Waals surface area contributed by atoms with Crippen LogP contribution in [0, 0.1) is 0 Å². The van der Waals surface area contributed by atoms with Crippen LogP contribution in [0.15, 0.2) is 40.4 Å². The maximum absolute atomic E-state index is 12.2. The van der Waals surface area contributed by atoms with E-state index in [0.717, 1.165) is 35.5 Å². The number of rotatable bonds is 4. The number of hydrogen-bond donors (Lipinski definition) is 1. The molecule has 1 unspecified atom stereocenters. The molecule has 1 aromatic rings. The van der Waals surface area contributed by atoms with Crippen molar-refractivity contribution in [1.29, 1.82) is 0 Å². The predicted octanol–water partition coefficient (Wildman–Crippen LogP) is 1.59. The highest BCUT2D eigenvalue weighted by atomic mass is 32.2. The molecule has 1 aromatic carbocycles. The molecule has 3 heterocycles. The third-order valence-electron chi connectivity index (χ3n) is 3.88. The van der Waals surface area contributed by atoms with E-state index in [2.05, 4.69) is 15.2 Å². The van der Waals surface area contributed by atoms with Gasteiger partial charge in [-0.15, -0.1) is 0 Å². The number of amides is 1. The first-order valence-electron chi connectivity index (χ1n) is 7.62. The lowest BCUT2D eigenvalue weighted by molar-refractivity contribution is -0.121. The molecule has 0 fully saturated rings. The number of nitrogens with zero attached hydrogens (tertiary/aromatic N) is 2. The Bertz CT molecular complexity index is 689. The van der Waals surface area contributed by atoms with Gasteiger partial charge in [-0.05, 0) is 17.5 Å². The molecule has 4 rings (SSSR count). The zero-order chi connectivity index (χ0) is 15.6. The molecule has 1 atom stereocenters. The molecule has 1 N–H and O–H groups in total. The van der Waals surface area contributed by atoms with Crippen LogP contribution < -0.4 is 14.8 Å². The molecule has 3 aliphatic heterocycles. The van der Waals surface area contributed by atoms with Gasteiger partial charge in [-0.1, -0.05) is 23.9 Å². The normalized spacial score (nSPS) is 21.6. The molecule has 0 aromatic heterocycles. The molecule has 0 aliphatic carbocycles. The van der Waals surface area contributed by atoms with Gasteiger partial charge in [0.05, 0.1) is 19.5 Å². The highest BCUT2D eigenvalue weighted by molar-refractivity contribution is 8.16.